The van der Waals surface area contributed by atoms with Gasteiger partial charge in [0.05, 0.1) is 12.8 Å². The van der Waals surface area contributed by atoms with Crippen molar-refractivity contribution in [1.82, 2.24) is 20.1 Å². The standard InChI is InChI=1S/C20H28N6O2/c1-5-28-20(27)26-8-6-16(7-9-26)22-17-12-21-25-19(23-17)24-18-14(3)10-13(2)11-15(18)4/h10-12,16H,5-9H2,1-4H3,(H2,22,23,24,25). The average molecular weight is 384 g/mol. The van der Waals surface area contributed by atoms with Crippen molar-refractivity contribution in [3.8, 4) is 0 Å². The van der Waals surface area contributed by atoms with E-state index >= 15 is 0 Å². The predicted octanol–water partition coefficient (Wildman–Crippen LogP) is 3.57. The lowest BCUT2D eigenvalue weighted by molar-refractivity contribution is 0.0983. The summed E-state index contributed by atoms with van der Waals surface area (Å²) in [6.07, 6.45) is 3.06. The Bertz CT molecular complexity index is 810. The highest BCUT2D eigenvalue weighted by Gasteiger charge is 2.23. The quantitative estimate of drug-likeness (QED) is 0.814. The van der Waals surface area contributed by atoms with Gasteiger partial charge in [0.1, 0.15) is 0 Å². The van der Waals surface area contributed by atoms with Crippen LogP contribution in [0.1, 0.15) is 36.5 Å². The van der Waals surface area contributed by atoms with E-state index in [4.69, 9.17) is 4.74 Å². The molecule has 0 bridgehead atoms. The number of hydrogen-bond donors (Lipinski definition) is 2. The molecule has 0 saturated carbocycles. The maximum atomic E-state index is 11.8. The first-order valence-corrected chi connectivity index (χ1v) is 9.69. The van der Waals surface area contributed by atoms with Gasteiger partial charge in [0.25, 0.3) is 0 Å². The topological polar surface area (TPSA) is 92.3 Å². The van der Waals surface area contributed by atoms with E-state index in [2.05, 4.69) is 58.7 Å². The van der Waals surface area contributed by atoms with Gasteiger partial charge in [-0.2, -0.15) is 10.1 Å². The average Bonchev–Trinajstić information content (AvgIpc) is 2.66. The lowest BCUT2D eigenvalue weighted by Gasteiger charge is -2.31. The molecule has 1 fully saturated rings. The van der Waals surface area contributed by atoms with Crippen LogP contribution in [-0.2, 0) is 4.74 Å². The molecular formula is C20H28N6O2. The molecule has 0 aliphatic carbocycles. The van der Waals surface area contributed by atoms with Gasteiger partial charge >= 0.3 is 6.09 Å². The van der Waals surface area contributed by atoms with Gasteiger partial charge in [0, 0.05) is 24.8 Å². The van der Waals surface area contributed by atoms with Gasteiger partial charge in [-0.3, -0.25) is 0 Å². The Labute approximate surface area is 165 Å². The van der Waals surface area contributed by atoms with Crippen molar-refractivity contribution in [3.63, 3.8) is 0 Å². The summed E-state index contributed by atoms with van der Waals surface area (Å²) in [5.74, 6) is 1.14. The van der Waals surface area contributed by atoms with Gasteiger partial charge in [0.2, 0.25) is 5.95 Å². The third kappa shape index (κ3) is 4.88. The van der Waals surface area contributed by atoms with Crippen molar-refractivity contribution in [1.29, 1.82) is 0 Å². The zero-order valence-electron chi connectivity index (χ0n) is 17.0. The number of nitrogens with zero attached hydrogens (tertiary/aromatic N) is 4. The van der Waals surface area contributed by atoms with Gasteiger partial charge in [-0.05, 0) is 51.7 Å². The first-order valence-electron chi connectivity index (χ1n) is 9.69. The third-order valence-electron chi connectivity index (χ3n) is 4.85. The number of aryl methyl sites for hydroxylation is 3. The third-order valence-corrected chi connectivity index (χ3v) is 4.85. The summed E-state index contributed by atoms with van der Waals surface area (Å²) in [7, 11) is 0. The minimum atomic E-state index is -0.236. The highest BCUT2D eigenvalue weighted by atomic mass is 16.6. The second-order valence-electron chi connectivity index (χ2n) is 7.17. The van der Waals surface area contributed by atoms with Crippen molar-refractivity contribution in [3.05, 3.63) is 35.0 Å². The Balaban J connectivity index is 1.61. The molecule has 28 heavy (non-hydrogen) atoms. The molecule has 8 heteroatoms. The number of rotatable bonds is 5. The van der Waals surface area contributed by atoms with Crippen LogP contribution in [-0.4, -0.2) is 51.9 Å². The molecule has 0 unspecified atom stereocenters. The number of carbonyl (C=O) groups excluding carboxylic acids is 1. The highest BCUT2D eigenvalue weighted by Crippen LogP contribution is 2.25. The summed E-state index contributed by atoms with van der Waals surface area (Å²) in [5.41, 5.74) is 4.52. The molecule has 0 radical (unpaired) electrons. The minimum Gasteiger partial charge on any atom is -0.450 e. The van der Waals surface area contributed by atoms with Crippen LogP contribution in [0.5, 0.6) is 0 Å². The number of benzene rings is 1. The van der Waals surface area contributed by atoms with E-state index in [-0.39, 0.29) is 12.1 Å². The fourth-order valence-corrected chi connectivity index (χ4v) is 3.55. The Morgan fingerprint density at radius 3 is 2.54 bits per heavy atom. The van der Waals surface area contributed by atoms with Crippen LogP contribution in [0.4, 0.5) is 22.2 Å². The van der Waals surface area contributed by atoms with E-state index in [9.17, 15) is 4.79 Å². The lowest BCUT2D eigenvalue weighted by Crippen LogP contribution is -2.42. The van der Waals surface area contributed by atoms with Crippen LogP contribution >= 0.6 is 0 Å². The van der Waals surface area contributed by atoms with Gasteiger partial charge in [0.15, 0.2) is 5.82 Å². The number of amides is 1. The van der Waals surface area contributed by atoms with E-state index in [1.54, 1.807) is 11.1 Å². The normalized spacial score (nSPS) is 14.6. The fraction of sp³-hybridized carbons (Fsp3) is 0.500. The van der Waals surface area contributed by atoms with E-state index in [1.807, 2.05) is 6.92 Å². The summed E-state index contributed by atoms with van der Waals surface area (Å²) in [5, 5.41) is 14.9. The van der Waals surface area contributed by atoms with Crippen LogP contribution < -0.4 is 10.6 Å². The van der Waals surface area contributed by atoms with E-state index in [1.165, 1.54) is 5.56 Å². The van der Waals surface area contributed by atoms with Crippen LogP contribution in [0, 0.1) is 20.8 Å². The number of ether oxygens (including phenoxy) is 1. The molecule has 8 nitrogen and oxygen atoms in total. The Kier molecular flexibility index (Phi) is 6.28. The van der Waals surface area contributed by atoms with Crippen molar-refractivity contribution >= 4 is 23.5 Å². The molecule has 2 N–H and O–H groups in total. The largest absolute Gasteiger partial charge is 0.450 e. The number of anilines is 3. The maximum Gasteiger partial charge on any atom is 0.409 e. The summed E-state index contributed by atoms with van der Waals surface area (Å²) in [6, 6.07) is 4.49. The number of hydrogen-bond acceptors (Lipinski definition) is 7. The van der Waals surface area contributed by atoms with E-state index < -0.39 is 0 Å². The van der Waals surface area contributed by atoms with Crippen molar-refractivity contribution in [2.24, 2.45) is 0 Å². The number of carbonyl (C=O) groups is 1. The monoisotopic (exact) mass is 384 g/mol. The molecule has 150 valence electrons. The molecule has 1 aromatic carbocycles. The van der Waals surface area contributed by atoms with Gasteiger partial charge in [-0.25, -0.2) is 4.79 Å². The lowest BCUT2D eigenvalue weighted by atomic mass is 10.1. The number of nitrogens with one attached hydrogen (secondary N) is 2. The van der Waals surface area contributed by atoms with Gasteiger partial charge in [-0.1, -0.05) is 17.7 Å². The molecular weight excluding hydrogens is 356 g/mol. The number of likely N-dealkylation sites (tertiary alicyclic amines) is 1. The second kappa shape index (κ2) is 8.86. The number of aromatic nitrogens is 3. The molecule has 1 amide bonds. The Morgan fingerprint density at radius 2 is 1.89 bits per heavy atom. The predicted molar refractivity (Wildman–Crippen MR) is 109 cm³/mol. The molecule has 1 aromatic heterocycles. The molecule has 1 aliphatic heterocycles. The Morgan fingerprint density at radius 1 is 1.21 bits per heavy atom. The maximum absolute atomic E-state index is 11.8. The zero-order valence-corrected chi connectivity index (χ0v) is 17.0. The van der Waals surface area contributed by atoms with Crippen molar-refractivity contribution in [2.45, 2.75) is 46.6 Å². The highest BCUT2D eigenvalue weighted by molar-refractivity contribution is 5.67. The summed E-state index contributed by atoms with van der Waals surface area (Å²) < 4.78 is 5.06. The summed E-state index contributed by atoms with van der Waals surface area (Å²) in [4.78, 5) is 18.1. The second-order valence-corrected chi connectivity index (χ2v) is 7.17. The SMILES string of the molecule is CCOC(=O)N1CCC(Nc2cnnc(Nc3c(C)cc(C)cc3C)n2)CC1. The summed E-state index contributed by atoms with van der Waals surface area (Å²) >= 11 is 0. The van der Waals surface area contributed by atoms with Crippen molar-refractivity contribution in [2.75, 3.05) is 30.3 Å². The van der Waals surface area contributed by atoms with Crippen LogP contribution in [0.15, 0.2) is 18.3 Å². The Hall–Kier alpha value is -2.90. The van der Waals surface area contributed by atoms with Gasteiger partial charge < -0.3 is 20.3 Å². The van der Waals surface area contributed by atoms with Gasteiger partial charge in [-0.15, -0.1) is 5.10 Å². The number of piperidine rings is 1. The van der Waals surface area contributed by atoms with Crippen LogP contribution in [0.3, 0.4) is 0 Å². The summed E-state index contributed by atoms with van der Waals surface area (Å²) in [6.45, 7) is 9.77. The fourth-order valence-electron chi connectivity index (χ4n) is 3.55. The van der Waals surface area contributed by atoms with Crippen LogP contribution in [0.25, 0.3) is 0 Å². The molecule has 1 aliphatic rings. The molecule has 0 spiro atoms. The minimum absolute atomic E-state index is 0.234. The molecule has 2 heterocycles. The van der Waals surface area contributed by atoms with Crippen molar-refractivity contribution < 1.29 is 9.53 Å². The first kappa shape index (κ1) is 19.9. The molecule has 3 rings (SSSR count). The van der Waals surface area contributed by atoms with Crippen LogP contribution in [0.2, 0.25) is 0 Å². The van der Waals surface area contributed by atoms with E-state index in [0.29, 0.717) is 31.5 Å². The first-order chi connectivity index (χ1) is 13.5. The van der Waals surface area contributed by atoms with E-state index in [0.717, 1.165) is 29.7 Å². The molecule has 0 atom stereocenters. The zero-order chi connectivity index (χ0) is 20.1. The smallest absolute Gasteiger partial charge is 0.409 e. The molecule has 1 saturated heterocycles. The molecule has 2 aromatic rings.